The lowest BCUT2D eigenvalue weighted by Gasteiger charge is -2.26. The number of nitrogens with one attached hydrogen (secondary N) is 1. The minimum Gasteiger partial charge on any atom is -0.443 e. The molecule has 0 bridgehead atoms. The Labute approximate surface area is 212 Å². The highest BCUT2D eigenvalue weighted by molar-refractivity contribution is 6.02. The maximum atomic E-state index is 13.0. The van der Waals surface area contributed by atoms with Crippen molar-refractivity contribution in [2.75, 3.05) is 51.0 Å². The van der Waals surface area contributed by atoms with Crippen LogP contribution in [0.15, 0.2) is 65.1 Å². The third-order valence-corrected chi connectivity index (χ3v) is 6.05. The van der Waals surface area contributed by atoms with Crippen molar-refractivity contribution in [1.29, 1.82) is 0 Å². The quantitative estimate of drug-likeness (QED) is 0.531. The summed E-state index contributed by atoms with van der Waals surface area (Å²) in [5, 5.41) is 2.83. The van der Waals surface area contributed by atoms with Crippen molar-refractivity contribution in [1.82, 2.24) is 9.80 Å². The zero-order valence-corrected chi connectivity index (χ0v) is 20.6. The van der Waals surface area contributed by atoms with E-state index in [1.54, 1.807) is 24.3 Å². The SMILES string of the molecule is CN(C)CC(=O)N(C)C1CCN(c2ccc(NC(=O)c3ccc(C#Cc4ccc(F)cc4)o3)cc2)C1.[HH]. The highest BCUT2D eigenvalue weighted by Crippen LogP contribution is 2.24. The summed E-state index contributed by atoms with van der Waals surface area (Å²) in [6.07, 6.45) is 0.916. The van der Waals surface area contributed by atoms with E-state index in [0.29, 0.717) is 23.6 Å². The van der Waals surface area contributed by atoms with Crippen molar-refractivity contribution in [3.8, 4) is 11.8 Å². The first-order valence-electron chi connectivity index (χ1n) is 11.7. The Hall–Kier alpha value is -4.09. The summed E-state index contributed by atoms with van der Waals surface area (Å²) in [6.45, 7) is 2.04. The van der Waals surface area contributed by atoms with Crippen LogP contribution in [0.2, 0.25) is 0 Å². The Balaban J connectivity index is 0.00000380. The molecule has 1 aromatic heterocycles. The second-order valence-corrected chi connectivity index (χ2v) is 9.05. The average Bonchev–Trinajstić information content (AvgIpc) is 3.54. The number of carbonyl (C=O) groups is 2. The lowest BCUT2D eigenvalue weighted by Crippen LogP contribution is -2.43. The normalized spacial score (nSPS) is 14.9. The third kappa shape index (κ3) is 6.32. The topological polar surface area (TPSA) is 69.0 Å². The number of rotatable bonds is 6. The van der Waals surface area contributed by atoms with Gasteiger partial charge in [-0.05, 0) is 87.1 Å². The second-order valence-electron chi connectivity index (χ2n) is 9.05. The van der Waals surface area contributed by atoms with Crippen LogP contribution in [0.1, 0.15) is 29.7 Å². The van der Waals surface area contributed by atoms with Crippen LogP contribution in [-0.2, 0) is 4.79 Å². The van der Waals surface area contributed by atoms with Gasteiger partial charge in [-0.2, -0.15) is 0 Å². The summed E-state index contributed by atoms with van der Waals surface area (Å²) >= 11 is 0. The number of amides is 2. The first-order chi connectivity index (χ1) is 17.3. The zero-order valence-electron chi connectivity index (χ0n) is 20.6. The van der Waals surface area contributed by atoms with E-state index in [1.165, 1.54) is 12.1 Å². The van der Waals surface area contributed by atoms with Crippen LogP contribution in [0.4, 0.5) is 15.8 Å². The Morgan fingerprint density at radius 1 is 1.06 bits per heavy atom. The number of hydrogen-bond acceptors (Lipinski definition) is 5. The van der Waals surface area contributed by atoms with Gasteiger partial charge in [0.1, 0.15) is 5.82 Å². The van der Waals surface area contributed by atoms with Crippen LogP contribution >= 0.6 is 0 Å². The molecule has 1 aliphatic heterocycles. The van der Waals surface area contributed by atoms with Gasteiger partial charge in [-0.3, -0.25) is 9.59 Å². The summed E-state index contributed by atoms with van der Waals surface area (Å²) in [4.78, 5) is 30.9. The van der Waals surface area contributed by atoms with E-state index in [4.69, 9.17) is 4.42 Å². The highest BCUT2D eigenvalue weighted by Gasteiger charge is 2.28. The Bertz CT molecular complexity index is 1280. The van der Waals surface area contributed by atoms with E-state index in [1.807, 2.05) is 55.2 Å². The average molecular weight is 491 g/mol. The van der Waals surface area contributed by atoms with Crippen molar-refractivity contribution in [2.24, 2.45) is 0 Å². The number of likely N-dealkylation sites (N-methyl/N-ethyl adjacent to an activating group) is 2. The monoisotopic (exact) mass is 490 g/mol. The van der Waals surface area contributed by atoms with Gasteiger partial charge in [-0.25, -0.2) is 4.39 Å². The van der Waals surface area contributed by atoms with Crippen LogP contribution in [-0.4, -0.2) is 68.4 Å². The van der Waals surface area contributed by atoms with E-state index in [0.717, 1.165) is 25.2 Å². The number of furan rings is 1. The molecule has 3 aromatic rings. The molecule has 1 N–H and O–H groups in total. The van der Waals surface area contributed by atoms with E-state index in [-0.39, 0.29) is 30.9 Å². The van der Waals surface area contributed by atoms with Gasteiger partial charge >= 0.3 is 0 Å². The molecule has 1 unspecified atom stereocenters. The summed E-state index contributed by atoms with van der Waals surface area (Å²) < 4.78 is 18.5. The number of benzene rings is 2. The van der Waals surface area contributed by atoms with Crippen molar-refractivity contribution in [2.45, 2.75) is 12.5 Å². The molecule has 1 saturated heterocycles. The maximum Gasteiger partial charge on any atom is 0.291 e. The summed E-state index contributed by atoms with van der Waals surface area (Å²) in [5.74, 6) is 5.62. The first-order valence-corrected chi connectivity index (χ1v) is 11.7. The van der Waals surface area contributed by atoms with Gasteiger partial charge in [-0.1, -0.05) is 5.92 Å². The molecule has 1 aliphatic rings. The number of anilines is 2. The molecule has 0 radical (unpaired) electrons. The number of hydrogen-bond donors (Lipinski definition) is 1. The molecule has 1 atom stereocenters. The van der Waals surface area contributed by atoms with Crippen LogP contribution in [0, 0.1) is 17.7 Å². The van der Waals surface area contributed by atoms with Crippen molar-refractivity contribution < 1.29 is 19.8 Å². The second kappa shape index (κ2) is 11.1. The van der Waals surface area contributed by atoms with Crippen LogP contribution in [0.3, 0.4) is 0 Å². The fourth-order valence-electron chi connectivity index (χ4n) is 4.02. The molecule has 2 heterocycles. The van der Waals surface area contributed by atoms with Crippen LogP contribution < -0.4 is 10.2 Å². The molecule has 188 valence electrons. The Morgan fingerprint density at radius 2 is 1.78 bits per heavy atom. The van der Waals surface area contributed by atoms with Gasteiger partial charge < -0.3 is 24.4 Å². The third-order valence-electron chi connectivity index (χ3n) is 6.05. The molecule has 36 heavy (non-hydrogen) atoms. The molecule has 1 fully saturated rings. The first kappa shape index (κ1) is 25.0. The smallest absolute Gasteiger partial charge is 0.291 e. The number of halogens is 1. The van der Waals surface area contributed by atoms with Crippen molar-refractivity contribution in [3.05, 3.63) is 83.6 Å². The van der Waals surface area contributed by atoms with Crippen molar-refractivity contribution in [3.63, 3.8) is 0 Å². The maximum absolute atomic E-state index is 13.0. The van der Waals surface area contributed by atoms with E-state index in [9.17, 15) is 14.0 Å². The van der Waals surface area contributed by atoms with Gasteiger partial charge in [-0.15, -0.1) is 0 Å². The Kier molecular flexibility index (Phi) is 7.71. The lowest BCUT2D eigenvalue weighted by atomic mass is 10.2. The van der Waals surface area contributed by atoms with Gasteiger partial charge in [0, 0.05) is 38.5 Å². The van der Waals surface area contributed by atoms with E-state index >= 15 is 0 Å². The predicted octanol–water partition coefficient (Wildman–Crippen LogP) is 3.92. The molecular formula is C28H31FN4O3. The fourth-order valence-corrected chi connectivity index (χ4v) is 4.02. The van der Waals surface area contributed by atoms with Gasteiger partial charge in [0.15, 0.2) is 11.5 Å². The number of nitrogens with zero attached hydrogens (tertiary/aromatic N) is 3. The zero-order chi connectivity index (χ0) is 25.7. The number of carbonyl (C=O) groups excluding carboxylic acids is 2. The van der Waals surface area contributed by atoms with Gasteiger partial charge in [0.25, 0.3) is 5.91 Å². The molecule has 4 rings (SSSR count). The van der Waals surface area contributed by atoms with Gasteiger partial charge in [0.2, 0.25) is 5.91 Å². The standard InChI is InChI=1S/C28H29FN4O3.H2/c1-31(2)19-27(34)32(3)24-16-17-33(18-24)23-11-9-22(10-12-23)30-28(35)26-15-14-25(36-26)13-6-20-4-7-21(29)8-5-20;/h4-5,7-12,14-15,24H,16-19H2,1-3H3,(H,30,35);1H. The van der Waals surface area contributed by atoms with Crippen LogP contribution in [0.5, 0.6) is 0 Å². The summed E-state index contributed by atoms with van der Waals surface area (Å²) in [7, 11) is 5.65. The molecule has 7 nitrogen and oxygen atoms in total. The summed E-state index contributed by atoms with van der Waals surface area (Å²) in [5.41, 5.74) is 2.34. The highest BCUT2D eigenvalue weighted by atomic mass is 19.1. The Morgan fingerprint density at radius 3 is 2.47 bits per heavy atom. The molecule has 0 saturated carbocycles. The van der Waals surface area contributed by atoms with E-state index in [2.05, 4.69) is 22.1 Å². The predicted molar refractivity (Wildman–Crippen MR) is 140 cm³/mol. The molecule has 8 heteroatoms. The molecule has 0 aliphatic carbocycles. The fraction of sp³-hybridized carbons (Fsp3) is 0.286. The molecule has 0 spiro atoms. The molecule has 2 amide bonds. The molecular weight excluding hydrogens is 459 g/mol. The van der Waals surface area contributed by atoms with E-state index < -0.39 is 0 Å². The minimum atomic E-state index is -0.375. The minimum absolute atomic E-state index is 0. The lowest BCUT2D eigenvalue weighted by molar-refractivity contribution is -0.132. The van der Waals surface area contributed by atoms with Crippen molar-refractivity contribution >= 4 is 23.2 Å². The largest absolute Gasteiger partial charge is 0.443 e. The van der Waals surface area contributed by atoms with Gasteiger partial charge in [0.05, 0.1) is 12.6 Å². The molecule has 2 aromatic carbocycles. The van der Waals surface area contributed by atoms with Crippen LogP contribution in [0.25, 0.3) is 0 Å². The summed E-state index contributed by atoms with van der Waals surface area (Å²) in [6, 6.07) is 16.8.